The van der Waals surface area contributed by atoms with Crippen LogP contribution < -0.4 is 4.74 Å². The van der Waals surface area contributed by atoms with Crippen molar-refractivity contribution < 1.29 is 4.74 Å². The molecule has 0 aromatic heterocycles. The average Bonchev–Trinajstić information content (AvgIpc) is 2.06. The van der Waals surface area contributed by atoms with Crippen molar-refractivity contribution in [3.63, 3.8) is 0 Å². The minimum absolute atomic E-state index is 0.325. The molecule has 0 heterocycles. The van der Waals surface area contributed by atoms with Crippen molar-refractivity contribution in [2.45, 2.75) is 24.3 Å². The van der Waals surface area contributed by atoms with E-state index in [2.05, 4.69) is 22.6 Å². The Balaban J connectivity index is 1.98. The zero-order chi connectivity index (χ0) is 9.26. The normalized spacial score (nSPS) is 26.6. The third kappa shape index (κ3) is 2.29. The molecule has 0 bridgehead atoms. The second-order valence-electron chi connectivity index (χ2n) is 3.24. The largest absolute Gasteiger partial charge is 0.489 e. The van der Waals surface area contributed by atoms with Gasteiger partial charge in [0.15, 0.2) is 0 Å². The van der Waals surface area contributed by atoms with Gasteiger partial charge < -0.3 is 4.74 Å². The fraction of sp³-hybridized carbons (Fsp3) is 0.400. The summed E-state index contributed by atoms with van der Waals surface area (Å²) in [5, 5.41) is 0.325. The van der Waals surface area contributed by atoms with Crippen LogP contribution >= 0.6 is 34.2 Å². The molecular formula is C10H10ClIO. The third-order valence-corrected chi connectivity index (χ3v) is 3.42. The van der Waals surface area contributed by atoms with E-state index in [1.165, 1.54) is 0 Å². The highest BCUT2D eigenvalue weighted by Gasteiger charge is 2.29. The number of halogens is 2. The molecule has 0 saturated heterocycles. The van der Waals surface area contributed by atoms with E-state index in [9.17, 15) is 0 Å². The van der Waals surface area contributed by atoms with E-state index in [0.717, 1.165) is 22.2 Å². The van der Waals surface area contributed by atoms with Crippen LogP contribution in [0.5, 0.6) is 5.75 Å². The van der Waals surface area contributed by atoms with Crippen molar-refractivity contribution in [1.29, 1.82) is 0 Å². The Bertz CT molecular complexity index is 297. The van der Waals surface area contributed by atoms with Gasteiger partial charge in [0.2, 0.25) is 0 Å². The molecule has 1 aliphatic rings. The first-order valence-electron chi connectivity index (χ1n) is 4.31. The van der Waals surface area contributed by atoms with Gasteiger partial charge in [-0.3, -0.25) is 0 Å². The van der Waals surface area contributed by atoms with E-state index in [0.29, 0.717) is 11.5 Å². The minimum atomic E-state index is 0.325. The second-order valence-corrected chi connectivity index (χ2v) is 5.02. The molecule has 0 radical (unpaired) electrons. The Morgan fingerprint density at radius 3 is 2.62 bits per heavy atom. The van der Waals surface area contributed by atoms with Gasteiger partial charge in [-0.15, -0.1) is 11.6 Å². The molecule has 3 heteroatoms. The molecule has 1 saturated carbocycles. The predicted molar refractivity (Wildman–Crippen MR) is 62.5 cm³/mol. The lowest BCUT2D eigenvalue weighted by Gasteiger charge is -2.31. The van der Waals surface area contributed by atoms with Gasteiger partial charge in [0.25, 0.3) is 0 Å². The Labute approximate surface area is 96.6 Å². The van der Waals surface area contributed by atoms with Gasteiger partial charge >= 0.3 is 0 Å². The van der Waals surface area contributed by atoms with Crippen LogP contribution in [0.3, 0.4) is 0 Å². The molecule has 1 fully saturated rings. The van der Waals surface area contributed by atoms with Crippen LogP contribution in [-0.2, 0) is 0 Å². The van der Waals surface area contributed by atoms with Crippen LogP contribution in [0.25, 0.3) is 0 Å². The first-order valence-corrected chi connectivity index (χ1v) is 5.82. The third-order valence-electron chi connectivity index (χ3n) is 2.17. The quantitative estimate of drug-likeness (QED) is 0.601. The Kier molecular flexibility index (Phi) is 2.99. The van der Waals surface area contributed by atoms with Crippen LogP contribution in [0.2, 0.25) is 0 Å². The van der Waals surface area contributed by atoms with Crippen molar-refractivity contribution >= 4 is 34.2 Å². The fourth-order valence-corrected chi connectivity index (χ4v) is 2.23. The topological polar surface area (TPSA) is 9.23 Å². The summed E-state index contributed by atoms with van der Waals surface area (Å²) >= 11 is 8.15. The summed E-state index contributed by atoms with van der Waals surface area (Å²) in [6, 6.07) is 8.06. The zero-order valence-electron chi connectivity index (χ0n) is 7.04. The number of hydrogen-bond donors (Lipinski definition) is 0. The monoisotopic (exact) mass is 308 g/mol. The Hall–Kier alpha value is 0.0400. The fourth-order valence-electron chi connectivity index (χ4n) is 1.32. The summed E-state index contributed by atoms with van der Waals surface area (Å²) in [5.41, 5.74) is 0. The molecule has 70 valence electrons. The number of rotatable bonds is 2. The van der Waals surface area contributed by atoms with Gasteiger partial charge in [-0.05, 0) is 34.7 Å². The summed E-state index contributed by atoms with van der Waals surface area (Å²) in [4.78, 5) is 0. The molecule has 1 aromatic carbocycles. The highest BCUT2D eigenvalue weighted by atomic mass is 127. The first kappa shape index (κ1) is 9.59. The summed E-state index contributed by atoms with van der Waals surface area (Å²) < 4.78 is 6.92. The number of benzene rings is 1. The Morgan fingerprint density at radius 2 is 2.00 bits per heavy atom. The van der Waals surface area contributed by atoms with Crippen molar-refractivity contribution in [3.05, 3.63) is 27.8 Å². The predicted octanol–water partition coefficient (Wildman–Crippen LogP) is 3.44. The lowest BCUT2D eigenvalue weighted by atomic mass is 9.95. The number of hydrogen-bond acceptors (Lipinski definition) is 1. The van der Waals surface area contributed by atoms with Gasteiger partial charge in [0.05, 0.1) is 3.57 Å². The maximum absolute atomic E-state index is 5.87. The van der Waals surface area contributed by atoms with Crippen molar-refractivity contribution in [2.75, 3.05) is 0 Å². The molecule has 1 aliphatic carbocycles. The van der Waals surface area contributed by atoms with Crippen LogP contribution in [-0.4, -0.2) is 11.5 Å². The van der Waals surface area contributed by atoms with Crippen molar-refractivity contribution in [3.8, 4) is 5.75 Å². The van der Waals surface area contributed by atoms with Crippen LogP contribution in [0, 0.1) is 3.57 Å². The SMILES string of the molecule is ClC1CC(Oc2ccccc2I)C1. The minimum Gasteiger partial charge on any atom is -0.489 e. The lowest BCUT2D eigenvalue weighted by Crippen LogP contribution is -2.34. The highest BCUT2D eigenvalue weighted by Crippen LogP contribution is 2.31. The first-order chi connectivity index (χ1) is 6.25. The van der Waals surface area contributed by atoms with Gasteiger partial charge in [-0.2, -0.15) is 0 Å². The molecule has 0 N–H and O–H groups in total. The van der Waals surface area contributed by atoms with Crippen molar-refractivity contribution in [2.24, 2.45) is 0 Å². The van der Waals surface area contributed by atoms with Crippen LogP contribution in [0.4, 0.5) is 0 Å². The summed E-state index contributed by atoms with van der Waals surface area (Å²) in [6.07, 6.45) is 2.29. The second kappa shape index (κ2) is 4.05. The highest BCUT2D eigenvalue weighted by molar-refractivity contribution is 14.1. The molecule has 0 unspecified atom stereocenters. The standard InChI is InChI=1S/C10H10ClIO/c11-7-5-8(6-7)13-10-4-2-1-3-9(10)12/h1-4,7-8H,5-6H2. The molecule has 13 heavy (non-hydrogen) atoms. The summed E-state index contributed by atoms with van der Waals surface area (Å²) in [5.74, 6) is 0.983. The van der Waals surface area contributed by atoms with Crippen LogP contribution in [0.15, 0.2) is 24.3 Å². The maximum Gasteiger partial charge on any atom is 0.133 e. The van der Waals surface area contributed by atoms with Gasteiger partial charge in [0, 0.05) is 18.2 Å². The van der Waals surface area contributed by atoms with Gasteiger partial charge in [0.1, 0.15) is 11.9 Å². The number of ether oxygens (including phenoxy) is 1. The van der Waals surface area contributed by atoms with E-state index >= 15 is 0 Å². The molecule has 0 aliphatic heterocycles. The van der Waals surface area contributed by atoms with E-state index in [4.69, 9.17) is 16.3 Å². The number of para-hydroxylation sites is 1. The molecule has 1 nitrogen and oxygen atoms in total. The molecular weight excluding hydrogens is 298 g/mol. The van der Waals surface area contributed by atoms with E-state index in [1.807, 2.05) is 24.3 Å². The molecule has 1 aromatic rings. The van der Waals surface area contributed by atoms with Gasteiger partial charge in [-0.1, -0.05) is 12.1 Å². The summed E-state index contributed by atoms with van der Waals surface area (Å²) in [6.45, 7) is 0. The van der Waals surface area contributed by atoms with E-state index in [1.54, 1.807) is 0 Å². The molecule has 0 atom stereocenters. The summed E-state index contributed by atoms with van der Waals surface area (Å²) in [7, 11) is 0. The smallest absolute Gasteiger partial charge is 0.133 e. The lowest BCUT2D eigenvalue weighted by molar-refractivity contribution is 0.123. The number of alkyl halides is 1. The van der Waals surface area contributed by atoms with Crippen molar-refractivity contribution in [1.82, 2.24) is 0 Å². The zero-order valence-corrected chi connectivity index (χ0v) is 9.96. The molecule has 0 amide bonds. The van der Waals surface area contributed by atoms with Crippen LogP contribution in [0.1, 0.15) is 12.8 Å². The maximum atomic E-state index is 5.87. The molecule has 2 rings (SSSR count). The average molecular weight is 309 g/mol. The van der Waals surface area contributed by atoms with Gasteiger partial charge in [-0.25, -0.2) is 0 Å². The van der Waals surface area contributed by atoms with E-state index in [-0.39, 0.29) is 0 Å². The van der Waals surface area contributed by atoms with E-state index < -0.39 is 0 Å². The molecule has 0 spiro atoms. The Morgan fingerprint density at radius 1 is 1.31 bits per heavy atom.